The molecule has 1 saturated heterocycles. The average molecular weight is 313 g/mol. The quantitative estimate of drug-likeness (QED) is 0.828. The van der Waals surface area contributed by atoms with Crippen LogP contribution in [0, 0.1) is 0 Å². The second-order valence-corrected chi connectivity index (χ2v) is 6.24. The average Bonchev–Trinajstić information content (AvgIpc) is 3.08. The summed E-state index contributed by atoms with van der Waals surface area (Å²) in [6.07, 6.45) is 11.1. The van der Waals surface area contributed by atoms with Gasteiger partial charge in [0.2, 0.25) is 0 Å². The predicted molar refractivity (Wildman–Crippen MR) is 96.4 cm³/mol. The molecule has 0 aromatic rings. The van der Waals surface area contributed by atoms with Crippen LogP contribution in [0.4, 0.5) is 4.79 Å². The summed E-state index contributed by atoms with van der Waals surface area (Å²) in [6.45, 7) is 9.93. The normalized spacial score (nSPS) is 20.1. The van der Waals surface area contributed by atoms with Crippen molar-refractivity contribution in [1.82, 2.24) is 10.2 Å². The fraction of sp³-hybridized carbons (Fsp3) is 0.474. The zero-order valence-corrected chi connectivity index (χ0v) is 14.6. The summed E-state index contributed by atoms with van der Waals surface area (Å²) < 4.78 is 0. The standard InChI is InChI=1S/C19H27N3O/c1-5-15(4)18(21-19(23)22-12-8-9-13-22)20-17-11-7-6-10-16(17)14(2)3/h6-7,10-11H,5,8-9,12-13H2,1-4H3,(H,21,23)/b18-15-,20-17-. The van der Waals surface area contributed by atoms with Gasteiger partial charge in [0.25, 0.3) is 0 Å². The molecule has 2 aliphatic rings. The zero-order chi connectivity index (χ0) is 16.8. The van der Waals surface area contributed by atoms with Gasteiger partial charge in [0.15, 0.2) is 0 Å². The molecule has 0 bridgehead atoms. The molecule has 0 aromatic heterocycles. The number of rotatable bonds is 3. The maximum Gasteiger partial charge on any atom is 0.323 e. The van der Waals surface area contributed by atoms with Crippen molar-refractivity contribution in [3.05, 3.63) is 46.8 Å². The summed E-state index contributed by atoms with van der Waals surface area (Å²) in [6, 6.07) is -0.0382. The number of hydrogen-bond donors (Lipinski definition) is 1. The minimum atomic E-state index is -0.0382. The van der Waals surface area contributed by atoms with E-state index >= 15 is 0 Å². The molecule has 0 spiro atoms. The van der Waals surface area contributed by atoms with E-state index in [0.717, 1.165) is 49.2 Å². The minimum absolute atomic E-state index is 0.0382. The lowest BCUT2D eigenvalue weighted by molar-refractivity contribution is 0.211. The summed E-state index contributed by atoms with van der Waals surface area (Å²) in [7, 11) is 0. The van der Waals surface area contributed by atoms with E-state index in [1.165, 1.54) is 5.57 Å². The molecule has 2 rings (SSSR count). The van der Waals surface area contributed by atoms with E-state index in [-0.39, 0.29) is 6.03 Å². The Morgan fingerprint density at radius 2 is 1.83 bits per heavy atom. The second kappa shape index (κ2) is 7.95. The van der Waals surface area contributed by atoms with Gasteiger partial charge in [-0.25, -0.2) is 9.79 Å². The number of hydrogen-bond acceptors (Lipinski definition) is 2. The summed E-state index contributed by atoms with van der Waals surface area (Å²) in [5, 5.41) is 3.01. The van der Waals surface area contributed by atoms with Gasteiger partial charge in [0, 0.05) is 13.1 Å². The Morgan fingerprint density at radius 1 is 1.17 bits per heavy atom. The van der Waals surface area contributed by atoms with Crippen LogP contribution >= 0.6 is 0 Å². The maximum atomic E-state index is 12.4. The number of allylic oxidation sites excluding steroid dienone is 7. The van der Waals surface area contributed by atoms with Crippen molar-refractivity contribution in [2.24, 2.45) is 4.99 Å². The fourth-order valence-corrected chi connectivity index (χ4v) is 2.61. The number of aliphatic imine (C=N–C) groups is 1. The highest BCUT2D eigenvalue weighted by Gasteiger charge is 2.19. The van der Waals surface area contributed by atoms with E-state index in [1.54, 1.807) is 0 Å². The molecular formula is C19H27N3O. The van der Waals surface area contributed by atoms with Crippen LogP contribution in [0.25, 0.3) is 0 Å². The van der Waals surface area contributed by atoms with Gasteiger partial charge in [0.1, 0.15) is 5.82 Å². The summed E-state index contributed by atoms with van der Waals surface area (Å²) in [5.41, 5.74) is 4.31. The van der Waals surface area contributed by atoms with Crippen LogP contribution in [0.5, 0.6) is 0 Å². The van der Waals surface area contributed by atoms with Gasteiger partial charge in [-0.1, -0.05) is 30.7 Å². The Hall–Kier alpha value is -2.10. The maximum absolute atomic E-state index is 12.4. The molecule has 1 N–H and O–H groups in total. The van der Waals surface area contributed by atoms with Gasteiger partial charge >= 0.3 is 6.03 Å². The first-order valence-corrected chi connectivity index (χ1v) is 8.40. The lowest BCUT2D eigenvalue weighted by Crippen LogP contribution is -2.37. The number of nitrogens with zero attached hydrogens (tertiary/aromatic N) is 2. The Kier molecular flexibility index (Phi) is 5.97. The van der Waals surface area contributed by atoms with E-state index in [1.807, 2.05) is 30.1 Å². The van der Waals surface area contributed by atoms with Crippen LogP contribution in [0.1, 0.15) is 47.0 Å². The van der Waals surface area contributed by atoms with Crippen LogP contribution < -0.4 is 5.32 Å². The lowest BCUT2D eigenvalue weighted by atomic mass is 10.0. The Bertz CT molecular complexity index is 611. The summed E-state index contributed by atoms with van der Waals surface area (Å²) >= 11 is 0. The molecule has 1 aliphatic heterocycles. The second-order valence-electron chi connectivity index (χ2n) is 6.24. The minimum Gasteiger partial charge on any atom is -0.324 e. The molecule has 0 saturated carbocycles. The SMILES string of the molecule is CC/C(C)=C(/N=C1/C=CC=CC1=C(C)C)NC(=O)N1CCCC1. The van der Waals surface area contributed by atoms with Crippen LogP contribution in [-0.2, 0) is 0 Å². The topological polar surface area (TPSA) is 44.7 Å². The molecule has 0 unspecified atom stereocenters. The third-order valence-corrected chi connectivity index (χ3v) is 4.23. The van der Waals surface area contributed by atoms with Crippen LogP contribution in [0.2, 0.25) is 0 Å². The summed E-state index contributed by atoms with van der Waals surface area (Å²) in [5.74, 6) is 0.679. The van der Waals surface area contributed by atoms with Crippen molar-refractivity contribution in [3.63, 3.8) is 0 Å². The van der Waals surface area contributed by atoms with Gasteiger partial charge in [-0.05, 0) is 57.3 Å². The third kappa shape index (κ3) is 4.44. The molecule has 124 valence electrons. The first-order valence-electron chi connectivity index (χ1n) is 8.40. The highest BCUT2D eigenvalue weighted by molar-refractivity contribution is 6.12. The van der Waals surface area contributed by atoms with Crippen LogP contribution in [0.3, 0.4) is 0 Å². The molecule has 1 aliphatic carbocycles. The molecule has 1 heterocycles. The Morgan fingerprint density at radius 3 is 2.43 bits per heavy atom. The van der Waals surface area contributed by atoms with Gasteiger partial charge in [-0.3, -0.25) is 5.32 Å². The van der Waals surface area contributed by atoms with E-state index in [2.05, 4.69) is 32.2 Å². The van der Waals surface area contributed by atoms with Gasteiger partial charge in [0.05, 0.1) is 5.71 Å². The van der Waals surface area contributed by atoms with Crippen molar-refractivity contribution >= 4 is 11.7 Å². The molecule has 0 radical (unpaired) electrons. The third-order valence-electron chi connectivity index (χ3n) is 4.23. The van der Waals surface area contributed by atoms with Crippen molar-refractivity contribution in [3.8, 4) is 0 Å². The number of urea groups is 1. The van der Waals surface area contributed by atoms with E-state index in [0.29, 0.717) is 5.82 Å². The van der Waals surface area contributed by atoms with Crippen molar-refractivity contribution in [2.45, 2.75) is 47.0 Å². The number of amides is 2. The number of nitrogens with one attached hydrogen (secondary N) is 1. The first kappa shape index (κ1) is 17.3. The Balaban J connectivity index is 2.27. The highest BCUT2D eigenvalue weighted by atomic mass is 16.2. The molecule has 1 fully saturated rings. The molecule has 0 aromatic carbocycles. The largest absolute Gasteiger partial charge is 0.324 e. The van der Waals surface area contributed by atoms with Gasteiger partial charge < -0.3 is 4.90 Å². The molecule has 23 heavy (non-hydrogen) atoms. The monoisotopic (exact) mass is 313 g/mol. The van der Waals surface area contributed by atoms with Crippen LogP contribution in [-0.4, -0.2) is 29.7 Å². The molecule has 0 atom stereocenters. The summed E-state index contributed by atoms with van der Waals surface area (Å²) in [4.78, 5) is 19.0. The smallest absolute Gasteiger partial charge is 0.323 e. The van der Waals surface area contributed by atoms with Gasteiger partial charge in [-0.2, -0.15) is 0 Å². The molecular weight excluding hydrogens is 286 g/mol. The number of likely N-dealkylation sites (tertiary alicyclic amines) is 1. The van der Waals surface area contributed by atoms with E-state index in [4.69, 9.17) is 4.99 Å². The number of carbonyl (C=O) groups is 1. The highest BCUT2D eigenvalue weighted by Crippen LogP contribution is 2.17. The molecule has 2 amide bonds. The first-order chi connectivity index (χ1) is 11.0. The van der Waals surface area contributed by atoms with E-state index < -0.39 is 0 Å². The van der Waals surface area contributed by atoms with Crippen molar-refractivity contribution < 1.29 is 4.79 Å². The van der Waals surface area contributed by atoms with Crippen LogP contribution in [0.15, 0.2) is 51.8 Å². The molecule has 4 nitrogen and oxygen atoms in total. The fourth-order valence-electron chi connectivity index (χ4n) is 2.61. The lowest BCUT2D eigenvalue weighted by Gasteiger charge is -2.18. The zero-order valence-electron chi connectivity index (χ0n) is 14.6. The van der Waals surface area contributed by atoms with Gasteiger partial charge in [-0.15, -0.1) is 0 Å². The Labute approximate surface area is 139 Å². The molecule has 4 heteroatoms. The predicted octanol–water partition coefficient (Wildman–Crippen LogP) is 4.34. The van der Waals surface area contributed by atoms with Crippen molar-refractivity contribution in [1.29, 1.82) is 0 Å². The number of carbonyl (C=O) groups excluding carboxylic acids is 1. The van der Waals surface area contributed by atoms with E-state index in [9.17, 15) is 4.79 Å². The van der Waals surface area contributed by atoms with Crippen molar-refractivity contribution in [2.75, 3.05) is 13.1 Å².